The number of alkyl halides is 3. The van der Waals surface area contributed by atoms with Gasteiger partial charge in [0.15, 0.2) is 6.10 Å². The van der Waals surface area contributed by atoms with E-state index in [2.05, 4.69) is 9.84 Å². The third-order valence-electron chi connectivity index (χ3n) is 5.15. The lowest BCUT2D eigenvalue weighted by Gasteiger charge is -2.14. The van der Waals surface area contributed by atoms with Gasteiger partial charge < -0.3 is 19.3 Å². The second-order valence-corrected chi connectivity index (χ2v) is 7.73. The van der Waals surface area contributed by atoms with Crippen LogP contribution in [0.3, 0.4) is 0 Å². The highest BCUT2D eigenvalue weighted by Crippen LogP contribution is 2.28. The molecule has 0 amide bonds. The number of nitrogens with zero attached hydrogens (tertiary/aromatic N) is 2. The minimum atomic E-state index is -4.76. The lowest BCUT2D eigenvalue weighted by molar-refractivity contribution is -0.274. The molecule has 0 bridgehead atoms. The molecule has 3 aromatic carbocycles. The van der Waals surface area contributed by atoms with Crippen LogP contribution in [0.2, 0.25) is 0 Å². The van der Waals surface area contributed by atoms with E-state index < -0.39 is 18.4 Å². The Kier molecular flexibility index (Phi) is 6.54. The highest BCUT2D eigenvalue weighted by Gasteiger charge is 2.31. The summed E-state index contributed by atoms with van der Waals surface area (Å²) in [6.07, 6.45) is -5.74. The number of carboxylic acids is 1. The number of carboxylic acid groups (broad SMARTS) is 1. The molecule has 1 aromatic heterocycles. The first-order valence-corrected chi connectivity index (χ1v) is 10.6. The first-order chi connectivity index (χ1) is 16.6. The summed E-state index contributed by atoms with van der Waals surface area (Å²) in [6.45, 7) is 3.37. The third-order valence-corrected chi connectivity index (χ3v) is 5.15. The van der Waals surface area contributed by atoms with Crippen LogP contribution in [-0.4, -0.2) is 33.3 Å². The fourth-order valence-electron chi connectivity index (χ4n) is 3.46. The van der Waals surface area contributed by atoms with Crippen LogP contribution in [0.1, 0.15) is 18.2 Å². The molecule has 1 N–H and O–H groups in total. The van der Waals surface area contributed by atoms with Crippen LogP contribution in [0.4, 0.5) is 13.2 Å². The molecule has 1 atom stereocenters. The van der Waals surface area contributed by atoms with Gasteiger partial charge in [-0.25, -0.2) is 9.48 Å². The second kappa shape index (κ2) is 9.57. The number of aromatic nitrogens is 2. The molecule has 0 spiro atoms. The number of ether oxygens (including phenoxy) is 3. The van der Waals surface area contributed by atoms with Gasteiger partial charge in [0.2, 0.25) is 0 Å². The Morgan fingerprint density at radius 1 is 1.06 bits per heavy atom. The topological polar surface area (TPSA) is 82.8 Å². The molecular weight excluding hydrogens is 465 g/mol. The standard InChI is InChI=1S/C25H21F3N2O5/c1-15-13-19(11-12-23(15)34-16(2)24(31)32)33-14-21-20-5-3-4-6-22(20)30(29-21)17-7-9-18(10-8-17)35-25(26,27)28/h3-13,16H,14H2,1-2H3,(H,31,32). The fraction of sp³-hybridized carbons (Fsp3) is 0.200. The molecule has 0 saturated carbocycles. The molecule has 0 fully saturated rings. The zero-order valence-electron chi connectivity index (χ0n) is 18.7. The number of benzene rings is 3. The number of aryl methyl sites for hydroxylation is 1. The summed E-state index contributed by atoms with van der Waals surface area (Å²) in [5.41, 5.74) is 2.67. The molecule has 0 aliphatic heterocycles. The van der Waals surface area contributed by atoms with Crippen molar-refractivity contribution in [2.75, 3.05) is 0 Å². The van der Waals surface area contributed by atoms with Crippen molar-refractivity contribution < 1.29 is 37.3 Å². The molecular formula is C25H21F3N2O5. The SMILES string of the molecule is Cc1cc(OCc2nn(-c3ccc(OC(F)(F)F)cc3)c3ccccc23)ccc1OC(C)C(=O)O. The molecule has 4 aromatic rings. The fourth-order valence-corrected chi connectivity index (χ4v) is 3.46. The Morgan fingerprint density at radius 2 is 1.74 bits per heavy atom. The quantitative estimate of drug-likeness (QED) is 0.346. The number of fused-ring (bicyclic) bond motifs is 1. The van der Waals surface area contributed by atoms with E-state index >= 15 is 0 Å². The average Bonchev–Trinajstić information content (AvgIpc) is 3.17. The summed E-state index contributed by atoms with van der Waals surface area (Å²) >= 11 is 0. The van der Waals surface area contributed by atoms with Gasteiger partial charge in [0.25, 0.3) is 0 Å². The molecule has 0 aliphatic rings. The van der Waals surface area contributed by atoms with Crippen molar-refractivity contribution in [3.05, 3.63) is 78.0 Å². The molecule has 4 rings (SSSR count). The van der Waals surface area contributed by atoms with E-state index in [1.54, 1.807) is 29.8 Å². The van der Waals surface area contributed by atoms with E-state index in [1.807, 2.05) is 24.3 Å². The number of hydrogen-bond donors (Lipinski definition) is 1. The van der Waals surface area contributed by atoms with Gasteiger partial charge in [-0.1, -0.05) is 18.2 Å². The molecule has 1 heterocycles. The van der Waals surface area contributed by atoms with E-state index in [9.17, 15) is 18.0 Å². The Bertz CT molecular complexity index is 1350. The van der Waals surface area contributed by atoms with Crippen LogP contribution in [-0.2, 0) is 11.4 Å². The molecule has 182 valence electrons. The summed E-state index contributed by atoms with van der Waals surface area (Å²) in [4.78, 5) is 11.0. The Labute approximate surface area is 198 Å². The normalized spacial score (nSPS) is 12.4. The van der Waals surface area contributed by atoms with Crippen LogP contribution in [0.5, 0.6) is 17.2 Å². The number of aliphatic carboxylic acids is 1. The van der Waals surface area contributed by atoms with Crippen molar-refractivity contribution in [2.45, 2.75) is 32.9 Å². The first kappa shape index (κ1) is 23.9. The smallest absolute Gasteiger partial charge is 0.487 e. The van der Waals surface area contributed by atoms with Crippen LogP contribution < -0.4 is 14.2 Å². The first-order valence-electron chi connectivity index (χ1n) is 10.6. The summed E-state index contributed by atoms with van der Waals surface area (Å²) in [5, 5.41) is 14.5. The van der Waals surface area contributed by atoms with Crippen LogP contribution >= 0.6 is 0 Å². The predicted molar refractivity (Wildman–Crippen MR) is 121 cm³/mol. The van der Waals surface area contributed by atoms with Gasteiger partial charge in [-0.15, -0.1) is 13.2 Å². The van der Waals surface area contributed by atoms with Gasteiger partial charge in [-0.05, 0) is 67.9 Å². The molecule has 7 nitrogen and oxygen atoms in total. The Hall–Kier alpha value is -4.21. The van der Waals surface area contributed by atoms with E-state index in [0.717, 1.165) is 10.9 Å². The molecule has 0 radical (unpaired) electrons. The maximum absolute atomic E-state index is 12.5. The Balaban J connectivity index is 1.54. The summed E-state index contributed by atoms with van der Waals surface area (Å²) < 4.78 is 54.3. The summed E-state index contributed by atoms with van der Waals surface area (Å²) in [5.74, 6) is -0.387. The maximum atomic E-state index is 12.5. The van der Waals surface area contributed by atoms with E-state index in [4.69, 9.17) is 14.6 Å². The van der Waals surface area contributed by atoms with Crippen LogP contribution in [0, 0.1) is 6.92 Å². The highest BCUT2D eigenvalue weighted by atomic mass is 19.4. The van der Waals surface area contributed by atoms with Gasteiger partial charge in [0, 0.05) is 5.39 Å². The Morgan fingerprint density at radius 3 is 2.40 bits per heavy atom. The number of hydrogen-bond acceptors (Lipinski definition) is 5. The molecule has 0 aliphatic carbocycles. The van der Waals surface area contributed by atoms with Gasteiger partial charge in [0.1, 0.15) is 29.5 Å². The minimum absolute atomic E-state index is 0.133. The van der Waals surface area contributed by atoms with Gasteiger partial charge >= 0.3 is 12.3 Å². The van der Waals surface area contributed by atoms with Crippen molar-refractivity contribution in [1.82, 2.24) is 9.78 Å². The lowest BCUT2D eigenvalue weighted by Crippen LogP contribution is -2.23. The average molecular weight is 486 g/mol. The van der Waals surface area contributed by atoms with Gasteiger partial charge in [0.05, 0.1) is 11.2 Å². The largest absolute Gasteiger partial charge is 0.573 e. The molecule has 1 unspecified atom stereocenters. The summed E-state index contributed by atoms with van der Waals surface area (Å²) in [6, 6.07) is 17.9. The zero-order valence-corrected chi connectivity index (χ0v) is 18.7. The van der Waals surface area contributed by atoms with Gasteiger partial charge in [-0.3, -0.25) is 0 Å². The van der Waals surface area contributed by atoms with E-state index in [0.29, 0.717) is 28.4 Å². The monoisotopic (exact) mass is 486 g/mol. The molecule has 0 saturated heterocycles. The zero-order chi connectivity index (χ0) is 25.2. The maximum Gasteiger partial charge on any atom is 0.573 e. The predicted octanol–water partition coefficient (Wildman–Crippen LogP) is 5.66. The summed E-state index contributed by atoms with van der Waals surface area (Å²) in [7, 11) is 0. The van der Waals surface area contributed by atoms with Crippen LogP contribution in [0.25, 0.3) is 16.6 Å². The minimum Gasteiger partial charge on any atom is -0.487 e. The third kappa shape index (κ3) is 5.65. The van der Waals surface area contributed by atoms with E-state index in [1.165, 1.54) is 31.2 Å². The number of halogens is 3. The van der Waals surface area contributed by atoms with Gasteiger partial charge in [-0.2, -0.15) is 5.10 Å². The van der Waals surface area contributed by atoms with Crippen LogP contribution in [0.15, 0.2) is 66.7 Å². The number of rotatable bonds is 8. The number of para-hydroxylation sites is 1. The van der Waals surface area contributed by atoms with Crippen molar-refractivity contribution in [3.63, 3.8) is 0 Å². The lowest BCUT2D eigenvalue weighted by atomic mass is 10.2. The van der Waals surface area contributed by atoms with Crippen molar-refractivity contribution in [3.8, 4) is 22.9 Å². The highest BCUT2D eigenvalue weighted by molar-refractivity contribution is 5.83. The van der Waals surface area contributed by atoms with Crippen molar-refractivity contribution in [1.29, 1.82) is 0 Å². The molecule has 10 heteroatoms. The molecule has 35 heavy (non-hydrogen) atoms. The van der Waals surface area contributed by atoms with Crippen molar-refractivity contribution in [2.24, 2.45) is 0 Å². The number of carbonyl (C=O) groups is 1. The van der Waals surface area contributed by atoms with E-state index in [-0.39, 0.29) is 12.4 Å². The van der Waals surface area contributed by atoms with Crippen molar-refractivity contribution >= 4 is 16.9 Å². The second-order valence-electron chi connectivity index (χ2n) is 7.73.